The average molecular weight is 671 g/mol. The van der Waals surface area contributed by atoms with Gasteiger partial charge in [-0.05, 0) is 53.6 Å². The van der Waals surface area contributed by atoms with Crippen molar-refractivity contribution >= 4 is 53.2 Å². The molecule has 0 aliphatic heterocycles. The van der Waals surface area contributed by atoms with E-state index in [-0.39, 0.29) is 0 Å². The first-order valence-corrected chi connectivity index (χ1v) is 17.5. The van der Waals surface area contributed by atoms with Crippen molar-refractivity contribution in [3.05, 3.63) is 158 Å². The Labute approximate surface area is 296 Å². The molecule has 0 bridgehead atoms. The summed E-state index contributed by atoms with van der Waals surface area (Å²) >= 11 is 1.86. The second-order valence-electron chi connectivity index (χ2n) is 12.4. The van der Waals surface area contributed by atoms with Gasteiger partial charge >= 0.3 is 0 Å². The number of pyridine rings is 3. The number of benzene rings is 5. The Morgan fingerprint density at radius 3 is 1.65 bits per heavy atom. The fraction of sp³-hybridized carbons (Fsp3) is 0. The van der Waals surface area contributed by atoms with E-state index in [1.54, 1.807) is 24.8 Å². The lowest BCUT2D eigenvalue weighted by atomic mass is 9.96. The Kier molecular flexibility index (Phi) is 6.89. The van der Waals surface area contributed by atoms with Gasteiger partial charge in [0.1, 0.15) is 0 Å². The van der Waals surface area contributed by atoms with E-state index in [1.807, 2.05) is 35.6 Å². The molecule has 6 nitrogen and oxygen atoms in total. The molecule has 0 unspecified atom stereocenters. The van der Waals surface area contributed by atoms with Crippen LogP contribution in [0.3, 0.4) is 0 Å². The molecular weight excluding hydrogens is 645 g/mol. The van der Waals surface area contributed by atoms with Crippen LogP contribution in [0.15, 0.2) is 158 Å². The van der Waals surface area contributed by atoms with Gasteiger partial charge in [0.25, 0.3) is 0 Å². The van der Waals surface area contributed by atoms with Gasteiger partial charge in [-0.15, -0.1) is 11.3 Å². The largest absolute Gasteiger partial charge is 0.265 e. The quantitative estimate of drug-likeness (QED) is 0.170. The third-order valence-corrected chi connectivity index (χ3v) is 10.5. The summed E-state index contributed by atoms with van der Waals surface area (Å²) in [6, 6.07) is 46.4. The Balaban J connectivity index is 1.07. The molecule has 5 aromatic heterocycles. The summed E-state index contributed by atoms with van der Waals surface area (Å²) in [5.74, 6) is 1.78. The summed E-state index contributed by atoms with van der Waals surface area (Å²) in [4.78, 5) is 28.1. The van der Waals surface area contributed by atoms with E-state index in [9.17, 15) is 0 Å². The predicted molar refractivity (Wildman–Crippen MR) is 208 cm³/mol. The number of hydrogen-bond donors (Lipinski definition) is 0. The first-order chi connectivity index (χ1) is 25.3. The van der Waals surface area contributed by atoms with Crippen LogP contribution < -0.4 is 0 Å². The molecule has 0 saturated carbocycles. The van der Waals surface area contributed by atoms with E-state index in [4.69, 9.17) is 19.9 Å². The van der Waals surface area contributed by atoms with Gasteiger partial charge in [-0.2, -0.15) is 0 Å². The number of aromatic nitrogens is 6. The van der Waals surface area contributed by atoms with Crippen molar-refractivity contribution in [1.82, 2.24) is 29.9 Å². The third-order valence-electron chi connectivity index (χ3n) is 9.33. The fourth-order valence-electron chi connectivity index (χ4n) is 6.86. The van der Waals surface area contributed by atoms with Crippen LogP contribution in [0.5, 0.6) is 0 Å². The van der Waals surface area contributed by atoms with Crippen LogP contribution in [0, 0.1) is 0 Å². The molecule has 0 spiro atoms. The summed E-state index contributed by atoms with van der Waals surface area (Å²) in [5, 5.41) is 6.19. The number of thiophene rings is 1. The van der Waals surface area contributed by atoms with Crippen molar-refractivity contribution in [3.63, 3.8) is 0 Å². The van der Waals surface area contributed by atoms with Gasteiger partial charge in [0.15, 0.2) is 17.5 Å². The molecule has 0 fully saturated rings. The number of para-hydroxylation sites is 1. The molecule has 5 aromatic carbocycles. The third kappa shape index (κ3) is 5.10. The molecule has 0 atom stereocenters. The standard InChI is InChI=1S/C44H26N6S/c1-3-10-37-35(9-1)39-36(17-16-34-33-8-2-4-11-38(33)51-41(34)39)40(47-37)32-7-5-6-31(26-32)27-12-14-28(15-13-27)42-48-43(29-18-22-45-23-19-29)50-44(49-42)30-20-24-46-25-21-30/h1-26H. The molecule has 10 rings (SSSR count). The fourth-order valence-corrected chi connectivity index (χ4v) is 8.12. The lowest BCUT2D eigenvalue weighted by Gasteiger charge is -2.12. The Morgan fingerprint density at radius 2 is 0.941 bits per heavy atom. The molecule has 51 heavy (non-hydrogen) atoms. The molecule has 0 radical (unpaired) electrons. The predicted octanol–water partition coefficient (Wildman–Crippen LogP) is 11.1. The maximum atomic E-state index is 5.26. The van der Waals surface area contributed by atoms with Gasteiger partial charge in [-0.3, -0.25) is 9.97 Å². The molecule has 7 heteroatoms. The van der Waals surface area contributed by atoms with Crippen LogP contribution in [-0.2, 0) is 0 Å². The van der Waals surface area contributed by atoms with Crippen LogP contribution >= 0.6 is 11.3 Å². The second kappa shape index (κ2) is 12.0. The van der Waals surface area contributed by atoms with E-state index in [0.29, 0.717) is 17.5 Å². The van der Waals surface area contributed by atoms with Crippen LogP contribution in [-0.4, -0.2) is 29.9 Å². The topological polar surface area (TPSA) is 77.3 Å². The van der Waals surface area contributed by atoms with Crippen molar-refractivity contribution < 1.29 is 0 Å². The lowest BCUT2D eigenvalue weighted by molar-refractivity contribution is 1.07. The van der Waals surface area contributed by atoms with E-state index in [1.165, 1.54) is 30.9 Å². The molecule has 0 N–H and O–H groups in total. The van der Waals surface area contributed by atoms with E-state index in [0.717, 1.165) is 50.0 Å². The van der Waals surface area contributed by atoms with E-state index in [2.05, 4.69) is 119 Å². The Morgan fingerprint density at radius 1 is 0.373 bits per heavy atom. The molecule has 238 valence electrons. The van der Waals surface area contributed by atoms with Crippen LogP contribution in [0.1, 0.15) is 0 Å². The summed E-state index contributed by atoms with van der Waals surface area (Å²) in [5.41, 5.74) is 7.91. The minimum atomic E-state index is 0.592. The first kappa shape index (κ1) is 29.2. The van der Waals surface area contributed by atoms with Crippen LogP contribution in [0.4, 0.5) is 0 Å². The summed E-state index contributed by atoms with van der Waals surface area (Å²) in [7, 11) is 0. The highest BCUT2D eigenvalue weighted by molar-refractivity contribution is 7.26. The molecular formula is C44H26N6S. The first-order valence-electron chi connectivity index (χ1n) is 16.7. The highest BCUT2D eigenvalue weighted by atomic mass is 32.1. The van der Waals surface area contributed by atoms with Gasteiger partial charge < -0.3 is 0 Å². The number of hydrogen-bond acceptors (Lipinski definition) is 7. The normalized spacial score (nSPS) is 11.5. The van der Waals surface area contributed by atoms with Crippen LogP contribution in [0.25, 0.3) is 98.4 Å². The zero-order valence-electron chi connectivity index (χ0n) is 27.1. The number of fused-ring (bicyclic) bond motifs is 7. The lowest BCUT2D eigenvalue weighted by Crippen LogP contribution is -2.00. The smallest absolute Gasteiger partial charge is 0.164 e. The summed E-state index contributed by atoms with van der Waals surface area (Å²) in [6.45, 7) is 0. The molecule has 5 heterocycles. The molecule has 0 saturated heterocycles. The minimum absolute atomic E-state index is 0.592. The second-order valence-corrected chi connectivity index (χ2v) is 13.4. The minimum Gasteiger partial charge on any atom is -0.265 e. The highest BCUT2D eigenvalue weighted by Crippen LogP contribution is 2.43. The van der Waals surface area contributed by atoms with Crippen molar-refractivity contribution in [1.29, 1.82) is 0 Å². The Bertz CT molecular complexity index is 2850. The number of nitrogens with zero attached hydrogens (tertiary/aromatic N) is 6. The van der Waals surface area contributed by atoms with Gasteiger partial charge in [-0.1, -0.05) is 91.0 Å². The summed E-state index contributed by atoms with van der Waals surface area (Å²) in [6.07, 6.45) is 6.98. The molecule has 0 amide bonds. The Hall–Kier alpha value is -6.70. The summed E-state index contributed by atoms with van der Waals surface area (Å²) < 4.78 is 2.60. The van der Waals surface area contributed by atoms with Crippen molar-refractivity contribution in [2.24, 2.45) is 0 Å². The van der Waals surface area contributed by atoms with Gasteiger partial charge in [-0.25, -0.2) is 19.9 Å². The zero-order chi connectivity index (χ0) is 33.7. The van der Waals surface area contributed by atoms with Crippen molar-refractivity contribution in [2.45, 2.75) is 0 Å². The molecule has 0 aliphatic rings. The van der Waals surface area contributed by atoms with Gasteiger partial charge in [0.05, 0.1) is 11.2 Å². The monoisotopic (exact) mass is 670 g/mol. The van der Waals surface area contributed by atoms with Gasteiger partial charge in [0, 0.05) is 83.4 Å². The molecule has 10 aromatic rings. The maximum absolute atomic E-state index is 5.26. The van der Waals surface area contributed by atoms with E-state index < -0.39 is 0 Å². The molecule has 0 aliphatic carbocycles. The van der Waals surface area contributed by atoms with Crippen molar-refractivity contribution in [2.75, 3.05) is 0 Å². The van der Waals surface area contributed by atoms with E-state index >= 15 is 0 Å². The average Bonchev–Trinajstić information content (AvgIpc) is 3.60. The maximum Gasteiger partial charge on any atom is 0.164 e. The van der Waals surface area contributed by atoms with Gasteiger partial charge in [0.2, 0.25) is 0 Å². The van der Waals surface area contributed by atoms with Crippen LogP contribution in [0.2, 0.25) is 0 Å². The zero-order valence-corrected chi connectivity index (χ0v) is 27.9. The number of rotatable bonds is 5. The highest BCUT2D eigenvalue weighted by Gasteiger charge is 2.17. The van der Waals surface area contributed by atoms with Crippen molar-refractivity contribution in [3.8, 4) is 56.5 Å². The SMILES string of the molecule is c1cc(-c2ccc(-c3nc(-c4ccncc4)nc(-c4ccncc4)n3)cc2)cc(-c2nc3ccccc3c3c2ccc2c4ccccc4sc23)c1.